The molecule has 0 aliphatic heterocycles. The molecule has 0 aliphatic carbocycles. The highest BCUT2D eigenvalue weighted by atomic mass is 19.1. The molecule has 20 heavy (non-hydrogen) atoms. The molecule has 1 atom stereocenters. The Balaban J connectivity index is 1.88. The number of nitrogens with zero attached hydrogens (tertiary/aromatic N) is 2. The Hall–Kier alpha value is -1.68. The second-order valence-electron chi connectivity index (χ2n) is 5.21. The van der Waals surface area contributed by atoms with Gasteiger partial charge < -0.3 is 5.32 Å². The minimum absolute atomic E-state index is 0.184. The van der Waals surface area contributed by atoms with Crippen molar-refractivity contribution in [1.82, 2.24) is 15.1 Å². The van der Waals surface area contributed by atoms with E-state index in [2.05, 4.69) is 30.3 Å². The molecule has 108 valence electrons. The highest BCUT2D eigenvalue weighted by Crippen LogP contribution is 2.07. The molecular formula is C16H22FN3. The first-order valence-electron chi connectivity index (χ1n) is 7.09. The van der Waals surface area contributed by atoms with Crippen molar-refractivity contribution in [3.63, 3.8) is 0 Å². The van der Waals surface area contributed by atoms with Gasteiger partial charge in [-0.3, -0.25) is 4.68 Å². The minimum Gasteiger partial charge on any atom is -0.308 e. The summed E-state index contributed by atoms with van der Waals surface area (Å²) in [4.78, 5) is 0. The average Bonchev–Trinajstić information content (AvgIpc) is 2.79. The molecule has 2 aromatic rings. The van der Waals surface area contributed by atoms with Gasteiger partial charge in [-0.25, -0.2) is 4.39 Å². The molecule has 1 unspecified atom stereocenters. The van der Waals surface area contributed by atoms with E-state index in [1.54, 1.807) is 0 Å². The number of aromatic nitrogens is 2. The van der Waals surface area contributed by atoms with Crippen molar-refractivity contribution in [3.8, 4) is 0 Å². The Labute approximate surface area is 119 Å². The molecular weight excluding hydrogens is 253 g/mol. The number of hydrogen-bond acceptors (Lipinski definition) is 2. The van der Waals surface area contributed by atoms with E-state index in [4.69, 9.17) is 0 Å². The maximum Gasteiger partial charge on any atom is 0.123 e. The van der Waals surface area contributed by atoms with Crippen LogP contribution in [0, 0.1) is 12.7 Å². The highest BCUT2D eigenvalue weighted by molar-refractivity contribution is 5.17. The highest BCUT2D eigenvalue weighted by Gasteiger charge is 2.07. The van der Waals surface area contributed by atoms with Gasteiger partial charge in [0.05, 0.1) is 11.4 Å². The van der Waals surface area contributed by atoms with Crippen LogP contribution in [0.5, 0.6) is 0 Å². The molecule has 4 heteroatoms. The maximum atomic E-state index is 12.9. The molecule has 0 spiro atoms. The topological polar surface area (TPSA) is 29.9 Å². The molecule has 1 N–H and O–H groups in total. The molecule has 0 amide bonds. The number of nitrogens with one attached hydrogen (secondary N) is 1. The van der Waals surface area contributed by atoms with Gasteiger partial charge in [0.25, 0.3) is 0 Å². The van der Waals surface area contributed by atoms with E-state index in [1.807, 2.05) is 23.7 Å². The predicted octanol–water partition coefficient (Wildman–Crippen LogP) is 3.07. The van der Waals surface area contributed by atoms with Crippen LogP contribution in [0.15, 0.2) is 30.3 Å². The fraction of sp³-hybridized carbons (Fsp3) is 0.438. The molecule has 1 heterocycles. The first-order chi connectivity index (χ1) is 9.58. The molecule has 1 aromatic carbocycles. The SMILES string of the molecule is CCn1nc(C)cc1CNC(C)Cc1ccc(F)cc1. The van der Waals surface area contributed by atoms with Gasteiger partial charge in [0.2, 0.25) is 0 Å². The predicted molar refractivity (Wildman–Crippen MR) is 79.0 cm³/mol. The van der Waals surface area contributed by atoms with Crippen molar-refractivity contribution in [3.05, 3.63) is 53.1 Å². The number of hydrogen-bond donors (Lipinski definition) is 1. The Bertz CT molecular complexity index is 545. The van der Waals surface area contributed by atoms with Crippen LogP contribution in [-0.4, -0.2) is 15.8 Å². The van der Waals surface area contributed by atoms with Crippen LogP contribution in [-0.2, 0) is 19.5 Å². The molecule has 0 saturated carbocycles. The van der Waals surface area contributed by atoms with Gasteiger partial charge in [-0.05, 0) is 51.0 Å². The zero-order valence-electron chi connectivity index (χ0n) is 12.4. The summed E-state index contributed by atoms with van der Waals surface area (Å²) in [5.74, 6) is -0.184. The molecule has 1 aromatic heterocycles. The summed E-state index contributed by atoms with van der Waals surface area (Å²) in [6.07, 6.45) is 0.888. The van der Waals surface area contributed by atoms with Crippen molar-refractivity contribution in [1.29, 1.82) is 0 Å². The molecule has 0 saturated heterocycles. The van der Waals surface area contributed by atoms with E-state index < -0.39 is 0 Å². The van der Waals surface area contributed by atoms with E-state index in [1.165, 1.54) is 17.8 Å². The van der Waals surface area contributed by atoms with Crippen LogP contribution in [0.3, 0.4) is 0 Å². The Morgan fingerprint density at radius 1 is 1.30 bits per heavy atom. The summed E-state index contributed by atoms with van der Waals surface area (Å²) in [7, 11) is 0. The van der Waals surface area contributed by atoms with Crippen LogP contribution in [0.4, 0.5) is 4.39 Å². The lowest BCUT2D eigenvalue weighted by Crippen LogP contribution is -2.28. The molecule has 0 fully saturated rings. The zero-order chi connectivity index (χ0) is 14.5. The normalized spacial score (nSPS) is 12.6. The third-order valence-electron chi connectivity index (χ3n) is 3.37. The Morgan fingerprint density at radius 2 is 2.00 bits per heavy atom. The Morgan fingerprint density at radius 3 is 2.65 bits per heavy atom. The van der Waals surface area contributed by atoms with Crippen molar-refractivity contribution in [2.75, 3.05) is 0 Å². The molecule has 0 aliphatic rings. The third kappa shape index (κ3) is 3.90. The van der Waals surface area contributed by atoms with E-state index in [0.29, 0.717) is 6.04 Å². The second-order valence-corrected chi connectivity index (χ2v) is 5.21. The van der Waals surface area contributed by atoms with Gasteiger partial charge in [-0.2, -0.15) is 5.10 Å². The molecule has 3 nitrogen and oxygen atoms in total. The largest absolute Gasteiger partial charge is 0.308 e. The fourth-order valence-electron chi connectivity index (χ4n) is 2.34. The van der Waals surface area contributed by atoms with Crippen LogP contribution in [0.2, 0.25) is 0 Å². The zero-order valence-corrected chi connectivity index (χ0v) is 12.4. The van der Waals surface area contributed by atoms with E-state index in [-0.39, 0.29) is 5.82 Å². The first kappa shape index (κ1) is 14.7. The number of rotatable bonds is 6. The summed E-state index contributed by atoms with van der Waals surface area (Å²) >= 11 is 0. The van der Waals surface area contributed by atoms with E-state index in [9.17, 15) is 4.39 Å². The summed E-state index contributed by atoms with van der Waals surface area (Å²) < 4.78 is 14.9. The lowest BCUT2D eigenvalue weighted by Gasteiger charge is -2.14. The summed E-state index contributed by atoms with van der Waals surface area (Å²) in [6, 6.07) is 9.15. The molecule has 0 radical (unpaired) electrons. The lowest BCUT2D eigenvalue weighted by atomic mass is 10.1. The number of aryl methyl sites for hydroxylation is 2. The van der Waals surface area contributed by atoms with Crippen molar-refractivity contribution in [2.24, 2.45) is 0 Å². The van der Waals surface area contributed by atoms with Crippen LogP contribution in [0.25, 0.3) is 0 Å². The van der Waals surface area contributed by atoms with Gasteiger partial charge in [0.1, 0.15) is 5.82 Å². The van der Waals surface area contributed by atoms with Gasteiger partial charge in [-0.15, -0.1) is 0 Å². The first-order valence-corrected chi connectivity index (χ1v) is 7.09. The smallest absolute Gasteiger partial charge is 0.123 e. The van der Waals surface area contributed by atoms with Gasteiger partial charge in [0.15, 0.2) is 0 Å². The van der Waals surface area contributed by atoms with Crippen LogP contribution < -0.4 is 5.32 Å². The van der Waals surface area contributed by atoms with E-state index >= 15 is 0 Å². The minimum atomic E-state index is -0.184. The van der Waals surface area contributed by atoms with Crippen LogP contribution in [0.1, 0.15) is 30.8 Å². The van der Waals surface area contributed by atoms with E-state index in [0.717, 1.165) is 30.8 Å². The summed E-state index contributed by atoms with van der Waals surface area (Å²) in [6.45, 7) is 7.94. The summed E-state index contributed by atoms with van der Waals surface area (Å²) in [5, 5.41) is 7.93. The molecule has 2 rings (SSSR count). The fourth-order valence-corrected chi connectivity index (χ4v) is 2.34. The number of benzene rings is 1. The average molecular weight is 275 g/mol. The maximum absolute atomic E-state index is 12.9. The monoisotopic (exact) mass is 275 g/mol. The second kappa shape index (κ2) is 6.66. The van der Waals surface area contributed by atoms with Crippen molar-refractivity contribution < 1.29 is 4.39 Å². The quantitative estimate of drug-likeness (QED) is 0.878. The number of halogens is 1. The van der Waals surface area contributed by atoms with Gasteiger partial charge in [-0.1, -0.05) is 12.1 Å². The standard InChI is InChI=1S/C16H22FN3/c1-4-20-16(10-13(3)19-20)11-18-12(2)9-14-5-7-15(17)8-6-14/h5-8,10,12,18H,4,9,11H2,1-3H3. The van der Waals surface area contributed by atoms with Crippen LogP contribution >= 0.6 is 0 Å². The van der Waals surface area contributed by atoms with Gasteiger partial charge in [0, 0.05) is 19.1 Å². The molecule has 0 bridgehead atoms. The lowest BCUT2D eigenvalue weighted by molar-refractivity contribution is 0.513. The summed E-state index contributed by atoms with van der Waals surface area (Å²) in [5.41, 5.74) is 3.40. The van der Waals surface area contributed by atoms with Crippen molar-refractivity contribution in [2.45, 2.75) is 46.3 Å². The third-order valence-corrected chi connectivity index (χ3v) is 3.37. The van der Waals surface area contributed by atoms with Gasteiger partial charge >= 0.3 is 0 Å². The Kier molecular flexibility index (Phi) is 4.90. The van der Waals surface area contributed by atoms with Crippen molar-refractivity contribution >= 4 is 0 Å².